The number of furan rings is 1. The van der Waals surface area contributed by atoms with Gasteiger partial charge in [-0.15, -0.1) is 0 Å². The molecule has 1 aromatic heterocycles. The van der Waals surface area contributed by atoms with Crippen LogP contribution in [0.3, 0.4) is 0 Å². The highest BCUT2D eigenvalue weighted by molar-refractivity contribution is 7.91. The first-order chi connectivity index (χ1) is 9.42. The van der Waals surface area contributed by atoms with E-state index in [1.165, 1.54) is 6.92 Å². The Morgan fingerprint density at radius 2 is 2.10 bits per heavy atom. The van der Waals surface area contributed by atoms with E-state index in [0.29, 0.717) is 6.42 Å². The van der Waals surface area contributed by atoms with Crippen LogP contribution in [-0.4, -0.2) is 39.8 Å². The molecule has 0 aromatic carbocycles. The highest BCUT2D eigenvalue weighted by Gasteiger charge is 2.40. The summed E-state index contributed by atoms with van der Waals surface area (Å²) in [5.41, 5.74) is -0.891. The molecular formula is C11H16N2O6S2. The van der Waals surface area contributed by atoms with Crippen molar-refractivity contribution in [3.63, 3.8) is 0 Å². The second kappa shape index (κ2) is 4.82. The van der Waals surface area contributed by atoms with Crippen LogP contribution in [0.25, 0.3) is 0 Å². The molecule has 1 saturated heterocycles. The summed E-state index contributed by atoms with van der Waals surface area (Å²) in [5, 5.41) is 7.57. The maximum Gasteiger partial charge on any atom is 0.287 e. The summed E-state index contributed by atoms with van der Waals surface area (Å²) in [4.78, 5) is 11.8. The molecule has 8 nitrogen and oxygen atoms in total. The molecule has 1 aliphatic rings. The predicted octanol–water partition coefficient (Wildman–Crippen LogP) is -0.458. The monoisotopic (exact) mass is 336 g/mol. The van der Waals surface area contributed by atoms with Crippen molar-refractivity contribution in [2.45, 2.75) is 30.7 Å². The van der Waals surface area contributed by atoms with Gasteiger partial charge in [0.05, 0.1) is 17.0 Å². The zero-order valence-corrected chi connectivity index (χ0v) is 13.2. The van der Waals surface area contributed by atoms with Gasteiger partial charge in [-0.2, -0.15) is 0 Å². The van der Waals surface area contributed by atoms with Crippen molar-refractivity contribution in [2.24, 2.45) is 5.14 Å². The van der Waals surface area contributed by atoms with Crippen molar-refractivity contribution < 1.29 is 26.0 Å². The van der Waals surface area contributed by atoms with Crippen LogP contribution in [0.1, 0.15) is 29.7 Å². The summed E-state index contributed by atoms with van der Waals surface area (Å²) >= 11 is 0. The molecule has 0 radical (unpaired) electrons. The Morgan fingerprint density at radius 3 is 2.52 bits per heavy atom. The average Bonchev–Trinajstić information content (AvgIpc) is 2.79. The average molecular weight is 336 g/mol. The molecular weight excluding hydrogens is 320 g/mol. The summed E-state index contributed by atoms with van der Waals surface area (Å²) in [7, 11) is -7.15. The zero-order valence-electron chi connectivity index (χ0n) is 11.5. The number of hydrogen-bond acceptors (Lipinski definition) is 6. The number of hydrogen-bond donors (Lipinski definition) is 2. The summed E-state index contributed by atoms with van der Waals surface area (Å²) in [6.07, 6.45) is 0.294. The molecule has 0 aliphatic carbocycles. The Bertz CT molecular complexity index is 793. The summed E-state index contributed by atoms with van der Waals surface area (Å²) in [5.74, 6) is -1.04. The minimum absolute atomic E-state index is 0.00336. The van der Waals surface area contributed by atoms with Crippen molar-refractivity contribution in [2.75, 3.05) is 11.5 Å². The van der Waals surface area contributed by atoms with Crippen molar-refractivity contribution in [3.8, 4) is 0 Å². The normalized spacial score (nSPS) is 24.9. The molecule has 1 unspecified atom stereocenters. The van der Waals surface area contributed by atoms with Gasteiger partial charge in [-0.1, -0.05) is 0 Å². The van der Waals surface area contributed by atoms with Crippen LogP contribution in [0, 0.1) is 6.92 Å². The Hall–Kier alpha value is -1.39. The molecule has 2 rings (SSSR count). The molecule has 118 valence electrons. The maximum absolute atomic E-state index is 12.1. The van der Waals surface area contributed by atoms with Crippen LogP contribution in [-0.2, 0) is 19.9 Å². The molecule has 21 heavy (non-hydrogen) atoms. The third-order valence-corrected chi connectivity index (χ3v) is 6.24. The van der Waals surface area contributed by atoms with E-state index in [-0.39, 0.29) is 27.9 Å². The number of carbonyl (C=O) groups is 1. The lowest BCUT2D eigenvalue weighted by Gasteiger charge is -2.22. The molecule has 1 amide bonds. The van der Waals surface area contributed by atoms with Gasteiger partial charge in [0.25, 0.3) is 5.91 Å². The number of nitrogens with one attached hydrogen (secondary N) is 1. The van der Waals surface area contributed by atoms with Gasteiger partial charge in [-0.05, 0) is 20.3 Å². The zero-order chi connectivity index (χ0) is 16.1. The molecule has 0 saturated carbocycles. The molecule has 10 heteroatoms. The number of sulfone groups is 1. The number of aryl methyl sites for hydroxylation is 1. The number of rotatable bonds is 3. The van der Waals surface area contributed by atoms with Crippen LogP contribution in [0.15, 0.2) is 15.4 Å². The topological polar surface area (TPSA) is 137 Å². The van der Waals surface area contributed by atoms with Crippen molar-refractivity contribution in [1.29, 1.82) is 0 Å². The van der Waals surface area contributed by atoms with Crippen LogP contribution in [0.2, 0.25) is 0 Å². The summed E-state index contributed by atoms with van der Waals surface area (Å²) < 4.78 is 50.6. The standard InChI is InChI=1S/C11H16N2O6S2/c1-7-9(21(12,17)18)5-8(19-7)10(14)13-11(2)3-4-20(15,16)6-11/h5H,3-4,6H2,1-2H3,(H,13,14)(H2,12,17,18). The largest absolute Gasteiger partial charge is 0.455 e. The smallest absolute Gasteiger partial charge is 0.287 e. The van der Waals surface area contributed by atoms with E-state index in [2.05, 4.69) is 5.32 Å². The quantitative estimate of drug-likeness (QED) is 0.766. The molecule has 1 aliphatic heterocycles. The van der Waals surface area contributed by atoms with Gasteiger partial charge in [0.15, 0.2) is 15.6 Å². The second-order valence-corrected chi connectivity index (χ2v) is 9.15. The molecule has 1 aromatic rings. The lowest BCUT2D eigenvalue weighted by molar-refractivity contribution is 0.0885. The Morgan fingerprint density at radius 1 is 1.48 bits per heavy atom. The van der Waals surface area contributed by atoms with Crippen LogP contribution < -0.4 is 10.5 Å². The minimum Gasteiger partial charge on any atom is -0.455 e. The van der Waals surface area contributed by atoms with Gasteiger partial charge < -0.3 is 9.73 Å². The van der Waals surface area contributed by atoms with Crippen LogP contribution in [0.4, 0.5) is 0 Å². The van der Waals surface area contributed by atoms with Gasteiger partial charge in [-0.3, -0.25) is 4.79 Å². The first kappa shape index (κ1) is 16.0. The number of amides is 1. The fourth-order valence-electron chi connectivity index (χ4n) is 2.30. The SMILES string of the molecule is Cc1oc(C(=O)NC2(C)CCS(=O)(=O)C2)cc1S(N)(=O)=O. The number of nitrogens with two attached hydrogens (primary N) is 1. The number of primary sulfonamides is 1. The van der Waals surface area contributed by atoms with E-state index in [0.717, 1.165) is 6.07 Å². The third kappa shape index (κ3) is 3.44. The summed E-state index contributed by atoms with van der Waals surface area (Å²) in [6.45, 7) is 2.99. The lowest BCUT2D eigenvalue weighted by atomic mass is 10.0. The fourth-order valence-corrected chi connectivity index (χ4v) is 5.11. The van der Waals surface area contributed by atoms with E-state index < -0.39 is 31.3 Å². The predicted molar refractivity (Wildman–Crippen MR) is 74.0 cm³/mol. The Balaban J connectivity index is 2.23. The van der Waals surface area contributed by atoms with E-state index in [9.17, 15) is 21.6 Å². The van der Waals surface area contributed by atoms with Gasteiger partial charge in [0, 0.05) is 6.07 Å². The van der Waals surface area contributed by atoms with Gasteiger partial charge in [0.1, 0.15) is 10.7 Å². The molecule has 3 N–H and O–H groups in total. The van der Waals surface area contributed by atoms with E-state index in [1.54, 1.807) is 6.92 Å². The highest BCUT2D eigenvalue weighted by atomic mass is 32.2. The first-order valence-corrected chi connectivity index (χ1v) is 9.45. The highest BCUT2D eigenvalue weighted by Crippen LogP contribution is 2.24. The number of sulfonamides is 1. The van der Waals surface area contributed by atoms with Gasteiger partial charge in [-0.25, -0.2) is 22.0 Å². The minimum atomic E-state index is -3.98. The lowest BCUT2D eigenvalue weighted by Crippen LogP contribution is -2.46. The first-order valence-electron chi connectivity index (χ1n) is 6.08. The number of carbonyl (C=O) groups excluding carboxylic acids is 1. The van der Waals surface area contributed by atoms with Gasteiger partial charge in [0.2, 0.25) is 10.0 Å². The van der Waals surface area contributed by atoms with Gasteiger partial charge >= 0.3 is 0 Å². The molecule has 1 fully saturated rings. The van der Waals surface area contributed by atoms with Crippen molar-refractivity contribution >= 4 is 25.8 Å². The van der Waals surface area contributed by atoms with E-state index in [1.807, 2.05) is 0 Å². The van der Waals surface area contributed by atoms with Crippen LogP contribution in [0.5, 0.6) is 0 Å². The summed E-state index contributed by atoms with van der Waals surface area (Å²) in [6, 6.07) is 1.03. The van der Waals surface area contributed by atoms with Crippen LogP contribution >= 0.6 is 0 Å². The van der Waals surface area contributed by atoms with Crippen molar-refractivity contribution in [1.82, 2.24) is 5.32 Å². The fraction of sp³-hybridized carbons (Fsp3) is 0.545. The molecule has 0 bridgehead atoms. The molecule has 1 atom stereocenters. The Labute approximate surface area is 122 Å². The maximum atomic E-state index is 12.1. The van der Waals surface area contributed by atoms with E-state index >= 15 is 0 Å². The molecule has 0 spiro atoms. The molecule has 2 heterocycles. The second-order valence-electron chi connectivity index (χ2n) is 5.43. The van der Waals surface area contributed by atoms with Crippen molar-refractivity contribution in [3.05, 3.63) is 17.6 Å². The van der Waals surface area contributed by atoms with E-state index in [4.69, 9.17) is 9.56 Å². The third-order valence-electron chi connectivity index (χ3n) is 3.32. The Kier molecular flexibility index (Phi) is 3.67.